The predicted molar refractivity (Wildman–Crippen MR) is 94.7 cm³/mol. The van der Waals surface area contributed by atoms with E-state index in [4.69, 9.17) is 4.74 Å². The summed E-state index contributed by atoms with van der Waals surface area (Å²) in [7, 11) is 0. The Morgan fingerprint density at radius 3 is 2.41 bits per heavy atom. The molecule has 1 aliphatic heterocycles. The summed E-state index contributed by atoms with van der Waals surface area (Å²) in [5.74, 6) is -1.83. The zero-order valence-electron chi connectivity index (χ0n) is 14.8. The number of halogens is 3. The molecule has 0 saturated carbocycles. The number of likely N-dealkylation sites (tertiary alicyclic amines) is 1. The van der Waals surface area contributed by atoms with E-state index in [2.05, 4.69) is 10.2 Å². The number of carbonyl (C=O) groups excluding carboxylic acids is 1. The van der Waals surface area contributed by atoms with Crippen LogP contribution in [0, 0.1) is 17.5 Å². The van der Waals surface area contributed by atoms with Crippen molar-refractivity contribution in [3.05, 3.63) is 65.5 Å². The molecule has 1 aliphatic rings. The third kappa shape index (κ3) is 5.72. The summed E-state index contributed by atoms with van der Waals surface area (Å²) in [6.07, 6.45) is 1.54. The normalized spacial score (nSPS) is 15.5. The van der Waals surface area contributed by atoms with Crippen molar-refractivity contribution in [2.75, 3.05) is 19.7 Å². The van der Waals surface area contributed by atoms with Crippen molar-refractivity contribution in [1.29, 1.82) is 0 Å². The fraction of sp³-hybridized carbons (Fsp3) is 0.350. The van der Waals surface area contributed by atoms with Gasteiger partial charge in [-0.1, -0.05) is 6.07 Å². The standard InChI is InChI=1S/C20H21F3N2O2/c21-15-2-4-17(5-3-15)27-13-20(26)24-16-7-9-25(10-8-16)12-14-1-6-18(22)19(23)11-14/h1-6,11,16H,7-10,12-13H2,(H,24,26). The van der Waals surface area contributed by atoms with Crippen molar-refractivity contribution in [2.24, 2.45) is 0 Å². The molecule has 0 atom stereocenters. The van der Waals surface area contributed by atoms with Gasteiger partial charge in [0, 0.05) is 25.7 Å². The molecule has 0 aliphatic carbocycles. The van der Waals surface area contributed by atoms with Crippen molar-refractivity contribution < 1.29 is 22.7 Å². The number of piperidine rings is 1. The van der Waals surface area contributed by atoms with Crippen LogP contribution in [0.25, 0.3) is 0 Å². The number of nitrogens with one attached hydrogen (secondary N) is 1. The lowest BCUT2D eigenvalue weighted by atomic mass is 10.0. The van der Waals surface area contributed by atoms with Gasteiger partial charge in [-0.2, -0.15) is 0 Å². The molecule has 1 amide bonds. The molecule has 144 valence electrons. The molecular formula is C20H21F3N2O2. The van der Waals surface area contributed by atoms with Gasteiger partial charge in [0.1, 0.15) is 11.6 Å². The van der Waals surface area contributed by atoms with Crippen LogP contribution in [0.1, 0.15) is 18.4 Å². The van der Waals surface area contributed by atoms with Crippen LogP contribution in [-0.4, -0.2) is 36.5 Å². The maximum atomic E-state index is 13.3. The summed E-state index contributed by atoms with van der Waals surface area (Å²) in [4.78, 5) is 14.1. The molecule has 2 aromatic carbocycles. The molecule has 0 bridgehead atoms. The topological polar surface area (TPSA) is 41.6 Å². The third-order valence-electron chi connectivity index (χ3n) is 4.53. The largest absolute Gasteiger partial charge is 0.484 e. The number of rotatable bonds is 6. The van der Waals surface area contributed by atoms with Gasteiger partial charge in [0.25, 0.3) is 5.91 Å². The van der Waals surface area contributed by atoms with Gasteiger partial charge in [0.15, 0.2) is 18.2 Å². The van der Waals surface area contributed by atoms with E-state index in [-0.39, 0.29) is 24.4 Å². The molecule has 7 heteroatoms. The minimum atomic E-state index is -0.844. The molecule has 0 unspecified atom stereocenters. The van der Waals surface area contributed by atoms with E-state index in [1.54, 1.807) is 6.07 Å². The number of carbonyl (C=O) groups is 1. The lowest BCUT2D eigenvalue weighted by Gasteiger charge is -2.32. The quantitative estimate of drug-likeness (QED) is 0.839. The SMILES string of the molecule is O=C(COc1ccc(F)cc1)NC1CCN(Cc2ccc(F)c(F)c2)CC1. The number of benzene rings is 2. The Labute approximate surface area is 155 Å². The Balaban J connectivity index is 1.39. The summed E-state index contributed by atoms with van der Waals surface area (Å²) in [5, 5.41) is 2.93. The van der Waals surface area contributed by atoms with Crippen molar-refractivity contribution >= 4 is 5.91 Å². The highest BCUT2D eigenvalue weighted by Crippen LogP contribution is 2.16. The molecule has 4 nitrogen and oxygen atoms in total. The maximum Gasteiger partial charge on any atom is 0.258 e. The zero-order chi connectivity index (χ0) is 19.2. The Hall–Kier alpha value is -2.54. The first-order valence-corrected chi connectivity index (χ1v) is 8.83. The first kappa shape index (κ1) is 19.2. The molecular weight excluding hydrogens is 357 g/mol. The average molecular weight is 378 g/mol. The lowest BCUT2D eigenvalue weighted by molar-refractivity contribution is -0.124. The number of hydrogen-bond acceptors (Lipinski definition) is 3. The highest BCUT2D eigenvalue weighted by molar-refractivity contribution is 5.77. The van der Waals surface area contributed by atoms with E-state index < -0.39 is 11.6 Å². The first-order valence-electron chi connectivity index (χ1n) is 8.83. The van der Waals surface area contributed by atoms with Crippen molar-refractivity contribution in [2.45, 2.75) is 25.4 Å². The van der Waals surface area contributed by atoms with Crippen LogP contribution in [0.15, 0.2) is 42.5 Å². The fourth-order valence-electron chi connectivity index (χ4n) is 3.08. The summed E-state index contributed by atoms with van der Waals surface area (Å²) in [6.45, 7) is 1.93. The van der Waals surface area contributed by atoms with Crippen LogP contribution < -0.4 is 10.1 Å². The van der Waals surface area contributed by atoms with Crippen molar-refractivity contribution in [3.8, 4) is 5.75 Å². The van der Waals surface area contributed by atoms with E-state index >= 15 is 0 Å². The number of ether oxygens (including phenoxy) is 1. The minimum absolute atomic E-state index is 0.0514. The van der Waals surface area contributed by atoms with Crippen molar-refractivity contribution in [3.63, 3.8) is 0 Å². The molecule has 1 heterocycles. The van der Waals surface area contributed by atoms with Crippen LogP contribution in [0.4, 0.5) is 13.2 Å². The molecule has 0 aromatic heterocycles. The summed E-state index contributed by atoms with van der Waals surface area (Å²) >= 11 is 0. The number of amides is 1. The number of nitrogens with zero attached hydrogens (tertiary/aromatic N) is 1. The molecule has 1 fully saturated rings. The van der Waals surface area contributed by atoms with Crippen LogP contribution in [0.2, 0.25) is 0 Å². The highest BCUT2D eigenvalue weighted by atomic mass is 19.2. The van der Waals surface area contributed by atoms with Gasteiger partial charge in [0.2, 0.25) is 0 Å². The van der Waals surface area contributed by atoms with E-state index in [9.17, 15) is 18.0 Å². The molecule has 0 spiro atoms. The third-order valence-corrected chi connectivity index (χ3v) is 4.53. The van der Waals surface area contributed by atoms with Gasteiger partial charge >= 0.3 is 0 Å². The average Bonchev–Trinajstić information content (AvgIpc) is 2.66. The number of hydrogen-bond donors (Lipinski definition) is 1. The zero-order valence-corrected chi connectivity index (χ0v) is 14.8. The van der Waals surface area contributed by atoms with Gasteiger partial charge in [-0.15, -0.1) is 0 Å². The summed E-state index contributed by atoms with van der Waals surface area (Å²) < 4.78 is 44.4. The second-order valence-corrected chi connectivity index (χ2v) is 6.61. The van der Waals surface area contributed by atoms with Crippen LogP contribution in [0.5, 0.6) is 5.75 Å². The predicted octanol–water partition coefficient (Wildman–Crippen LogP) is 3.26. The van der Waals surface area contributed by atoms with Gasteiger partial charge in [0.05, 0.1) is 0 Å². The molecule has 27 heavy (non-hydrogen) atoms. The fourth-order valence-corrected chi connectivity index (χ4v) is 3.08. The van der Waals surface area contributed by atoms with Crippen LogP contribution in [-0.2, 0) is 11.3 Å². The maximum absolute atomic E-state index is 13.3. The van der Waals surface area contributed by atoms with Gasteiger partial charge < -0.3 is 10.1 Å². The monoisotopic (exact) mass is 378 g/mol. The molecule has 1 N–H and O–H groups in total. The molecule has 2 aromatic rings. The van der Waals surface area contributed by atoms with E-state index in [1.807, 2.05) is 0 Å². The van der Waals surface area contributed by atoms with Gasteiger partial charge in [-0.25, -0.2) is 13.2 Å². The Morgan fingerprint density at radius 1 is 1.04 bits per heavy atom. The molecule has 1 saturated heterocycles. The van der Waals surface area contributed by atoms with Gasteiger partial charge in [-0.05, 0) is 54.8 Å². The van der Waals surface area contributed by atoms with E-state index in [0.29, 0.717) is 12.3 Å². The Bertz CT molecular complexity index is 775. The summed E-state index contributed by atoms with van der Waals surface area (Å²) in [6, 6.07) is 9.48. The highest BCUT2D eigenvalue weighted by Gasteiger charge is 2.21. The summed E-state index contributed by atoms with van der Waals surface area (Å²) in [5.41, 5.74) is 0.726. The van der Waals surface area contributed by atoms with Crippen LogP contribution in [0.3, 0.4) is 0 Å². The first-order chi connectivity index (χ1) is 13.0. The second-order valence-electron chi connectivity index (χ2n) is 6.61. The Kier molecular flexibility index (Phi) is 6.34. The van der Waals surface area contributed by atoms with E-state index in [1.165, 1.54) is 30.3 Å². The lowest BCUT2D eigenvalue weighted by Crippen LogP contribution is -2.45. The molecule has 3 rings (SSSR count). The van der Waals surface area contributed by atoms with Gasteiger partial charge in [-0.3, -0.25) is 9.69 Å². The molecule has 0 radical (unpaired) electrons. The minimum Gasteiger partial charge on any atom is -0.484 e. The Morgan fingerprint density at radius 2 is 1.74 bits per heavy atom. The van der Waals surface area contributed by atoms with E-state index in [0.717, 1.165) is 37.6 Å². The van der Waals surface area contributed by atoms with Crippen molar-refractivity contribution in [1.82, 2.24) is 10.2 Å². The second kappa shape index (κ2) is 8.90. The van der Waals surface area contributed by atoms with Crippen LogP contribution >= 0.6 is 0 Å². The smallest absolute Gasteiger partial charge is 0.258 e.